The number of tetrazole rings is 1. The summed E-state index contributed by atoms with van der Waals surface area (Å²) in [5.41, 5.74) is -4.72. The maximum Gasteiger partial charge on any atom is 0.416 e. The van der Waals surface area contributed by atoms with Crippen molar-refractivity contribution in [2.75, 3.05) is 22.9 Å². The van der Waals surface area contributed by atoms with Crippen LogP contribution in [0.4, 0.5) is 55.9 Å². The standard InChI is InChI=1S/C29H30F9N7O2/c1-15(2)47-26(46)44-16(3)8-24(22-12-18(27(30,31)32)4-5-23(22)44)43(25-40-42-45(41-25)21-6-7-39-13-21)14-17-9-19(28(33,34)35)11-20(10-17)29(36,37)38/h4-5,9-12,15-16,21,24,39H,6-8,13-14H2,1-3H3/t16-,21-,24+/m0/s1. The van der Waals surface area contributed by atoms with Crippen molar-refractivity contribution >= 4 is 17.7 Å². The largest absolute Gasteiger partial charge is 0.446 e. The third-order valence-electron chi connectivity index (χ3n) is 7.92. The molecule has 18 heteroatoms. The van der Waals surface area contributed by atoms with E-state index in [0.29, 0.717) is 31.6 Å². The summed E-state index contributed by atoms with van der Waals surface area (Å²) in [4.78, 5) is 16.8. The zero-order valence-corrected chi connectivity index (χ0v) is 25.2. The Bertz CT molecular complexity index is 1570. The molecule has 0 saturated carbocycles. The SMILES string of the molecule is CC(C)OC(=O)N1c2ccc(C(F)(F)F)cc2[C@H](N(Cc2cc(C(F)(F)F)cc(C(F)(F)F)c2)c2nnn([C@H]3CCNC3)n2)C[C@@H]1C. The number of benzene rings is 2. The second-order valence-corrected chi connectivity index (χ2v) is 11.8. The number of anilines is 2. The Morgan fingerprint density at radius 3 is 2.17 bits per heavy atom. The van der Waals surface area contributed by atoms with Crippen molar-refractivity contribution in [2.45, 2.75) is 82.9 Å². The molecule has 0 radical (unpaired) electrons. The number of halogens is 9. The number of alkyl halides is 9. The fraction of sp³-hybridized carbons (Fsp3) is 0.517. The van der Waals surface area contributed by atoms with Crippen LogP contribution in [0.2, 0.25) is 0 Å². The minimum absolute atomic E-state index is 0.0126. The Labute approximate surface area is 262 Å². The average molecular weight is 680 g/mol. The summed E-state index contributed by atoms with van der Waals surface area (Å²) in [7, 11) is 0. The molecule has 256 valence electrons. The van der Waals surface area contributed by atoms with Crippen LogP contribution in [-0.2, 0) is 29.8 Å². The Balaban J connectivity index is 1.68. The van der Waals surface area contributed by atoms with E-state index in [1.165, 1.54) is 14.6 Å². The van der Waals surface area contributed by atoms with Crippen molar-refractivity contribution in [1.82, 2.24) is 25.5 Å². The summed E-state index contributed by atoms with van der Waals surface area (Å²) in [6, 6.07) is 1.55. The zero-order chi connectivity index (χ0) is 34.5. The number of hydrogen-bond acceptors (Lipinski definition) is 7. The molecule has 5 rings (SSSR count). The predicted molar refractivity (Wildman–Crippen MR) is 149 cm³/mol. The zero-order valence-electron chi connectivity index (χ0n) is 25.2. The van der Waals surface area contributed by atoms with E-state index in [-0.39, 0.29) is 35.7 Å². The molecule has 0 bridgehead atoms. The molecule has 3 heterocycles. The lowest BCUT2D eigenvalue weighted by Crippen LogP contribution is -2.47. The first kappa shape index (κ1) is 34.3. The van der Waals surface area contributed by atoms with Crippen LogP contribution in [0.25, 0.3) is 0 Å². The van der Waals surface area contributed by atoms with Gasteiger partial charge in [0.1, 0.15) is 0 Å². The van der Waals surface area contributed by atoms with E-state index in [2.05, 4.69) is 20.7 Å². The summed E-state index contributed by atoms with van der Waals surface area (Å²) < 4.78 is 130. The highest BCUT2D eigenvalue weighted by atomic mass is 19.4. The fourth-order valence-electron chi connectivity index (χ4n) is 5.79. The van der Waals surface area contributed by atoms with Crippen molar-refractivity contribution in [3.63, 3.8) is 0 Å². The van der Waals surface area contributed by atoms with Crippen LogP contribution >= 0.6 is 0 Å². The van der Waals surface area contributed by atoms with Gasteiger partial charge in [0.25, 0.3) is 5.95 Å². The minimum Gasteiger partial charge on any atom is -0.446 e. The van der Waals surface area contributed by atoms with Crippen LogP contribution < -0.4 is 15.1 Å². The lowest BCUT2D eigenvalue weighted by atomic mass is 9.89. The third kappa shape index (κ3) is 7.41. The number of aromatic nitrogens is 4. The number of carbonyl (C=O) groups excluding carboxylic acids is 1. The molecule has 0 spiro atoms. The maximum absolute atomic E-state index is 14.0. The molecule has 3 aromatic rings. The van der Waals surface area contributed by atoms with Crippen LogP contribution in [0, 0.1) is 0 Å². The van der Waals surface area contributed by atoms with Gasteiger partial charge in [-0.25, -0.2) is 4.79 Å². The van der Waals surface area contributed by atoms with Crippen LogP contribution in [0.3, 0.4) is 0 Å². The molecule has 1 aromatic heterocycles. The topological polar surface area (TPSA) is 88.4 Å². The van der Waals surface area contributed by atoms with Gasteiger partial charge in [0.05, 0.1) is 40.6 Å². The number of nitrogens with zero attached hydrogens (tertiary/aromatic N) is 6. The molecule has 2 aliphatic heterocycles. The monoisotopic (exact) mass is 679 g/mol. The number of nitrogens with one attached hydrogen (secondary N) is 1. The Morgan fingerprint density at radius 2 is 1.62 bits per heavy atom. The number of rotatable bonds is 6. The number of amides is 1. The average Bonchev–Trinajstić information content (AvgIpc) is 3.66. The highest BCUT2D eigenvalue weighted by Gasteiger charge is 2.42. The van der Waals surface area contributed by atoms with E-state index >= 15 is 0 Å². The molecule has 0 aliphatic carbocycles. The van der Waals surface area contributed by atoms with Gasteiger partial charge < -0.3 is 15.0 Å². The van der Waals surface area contributed by atoms with E-state index in [4.69, 9.17) is 4.74 Å². The highest BCUT2D eigenvalue weighted by molar-refractivity contribution is 5.90. The van der Waals surface area contributed by atoms with Crippen LogP contribution in [-0.4, -0.2) is 51.5 Å². The predicted octanol–water partition coefficient (Wildman–Crippen LogP) is 7.16. The first-order valence-corrected chi connectivity index (χ1v) is 14.6. The van der Waals surface area contributed by atoms with Crippen molar-refractivity contribution in [3.05, 3.63) is 64.2 Å². The lowest BCUT2D eigenvalue weighted by molar-refractivity contribution is -0.143. The van der Waals surface area contributed by atoms with Gasteiger partial charge in [0.2, 0.25) is 0 Å². The summed E-state index contributed by atoms with van der Waals surface area (Å²) in [5, 5.41) is 15.6. The van der Waals surface area contributed by atoms with Gasteiger partial charge in [-0.15, -0.1) is 5.10 Å². The smallest absolute Gasteiger partial charge is 0.416 e. The fourth-order valence-corrected chi connectivity index (χ4v) is 5.79. The van der Waals surface area contributed by atoms with Gasteiger partial charge in [0, 0.05) is 19.1 Å². The molecule has 1 amide bonds. The molecule has 2 aliphatic rings. The molecule has 3 atom stereocenters. The minimum atomic E-state index is -5.14. The number of carbonyl (C=O) groups is 1. The molecule has 9 nitrogen and oxygen atoms in total. The van der Waals surface area contributed by atoms with Gasteiger partial charge in [-0.1, -0.05) is 5.10 Å². The molecule has 1 N–H and O–H groups in total. The Hall–Kier alpha value is -4.09. The molecule has 1 fully saturated rings. The van der Waals surface area contributed by atoms with E-state index in [9.17, 15) is 44.3 Å². The number of ether oxygens (including phenoxy) is 1. The molecule has 1 saturated heterocycles. The van der Waals surface area contributed by atoms with E-state index in [1.807, 2.05) is 0 Å². The third-order valence-corrected chi connectivity index (χ3v) is 7.92. The summed E-state index contributed by atoms with van der Waals surface area (Å²) in [6.07, 6.45) is -16.0. The van der Waals surface area contributed by atoms with E-state index in [1.54, 1.807) is 20.8 Å². The first-order valence-electron chi connectivity index (χ1n) is 14.6. The molecule has 2 aromatic carbocycles. The van der Waals surface area contributed by atoms with Gasteiger partial charge in [-0.3, -0.25) is 4.90 Å². The second-order valence-electron chi connectivity index (χ2n) is 11.8. The van der Waals surface area contributed by atoms with Gasteiger partial charge in [0.15, 0.2) is 0 Å². The van der Waals surface area contributed by atoms with Crippen LogP contribution in [0.5, 0.6) is 0 Å². The normalized spacial score (nSPS) is 20.4. The van der Waals surface area contributed by atoms with Crippen molar-refractivity contribution in [3.8, 4) is 0 Å². The Kier molecular flexibility index (Phi) is 9.11. The summed E-state index contributed by atoms with van der Waals surface area (Å²) >= 11 is 0. The van der Waals surface area contributed by atoms with Gasteiger partial charge >= 0.3 is 24.6 Å². The van der Waals surface area contributed by atoms with Crippen molar-refractivity contribution in [2.24, 2.45) is 0 Å². The van der Waals surface area contributed by atoms with Crippen LogP contribution in [0.1, 0.15) is 73.5 Å². The van der Waals surface area contributed by atoms with Crippen molar-refractivity contribution < 1.29 is 49.0 Å². The van der Waals surface area contributed by atoms with E-state index in [0.717, 1.165) is 18.2 Å². The molecule has 0 unspecified atom stereocenters. The number of hydrogen-bond donors (Lipinski definition) is 1. The number of fused-ring (bicyclic) bond motifs is 1. The van der Waals surface area contributed by atoms with E-state index < -0.39 is 71.6 Å². The van der Waals surface area contributed by atoms with Crippen molar-refractivity contribution in [1.29, 1.82) is 0 Å². The first-order chi connectivity index (χ1) is 21.8. The molecule has 47 heavy (non-hydrogen) atoms. The molecular formula is C29H30F9N7O2. The lowest BCUT2D eigenvalue weighted by Gasteiger charge is -2.43. The quantitative estimate of drug-likeness (QED) is 0.277. The van der Waals surface area contributed by atoms with Gasteiger partial charge in [-0.2, -0.15) is 44.3 Å². The molecular weight excluding hydrogens is 649 g/mol. The van der Waals surface area contributed by atoms with Gasteiger partial charge in [-0.05, 0) is 92.9 Å². The maximum atomic E-state index is 14.0. The van der Waals surface area contributed by atoms with Crippen LogP contribution in [0.15, 0.2) is 36.4 Å². The summed E-state index contributed by atoms with van der Waals surface area (Å²) in [6.45, 7) is 5.18. The second kappa shape index (κ2) is 12.5. The highest BCUT2D eigenvalue weighted by Crippen LogP contribution is 2.45. The summed E-state index contributed by atoms with van der Waals surface area (Å²) in [5.74, 6) is -0.235. The Morgan fingerprint density at radius 1 is 0.979 bits per heavy atom.